The third-order valence-electron chi connectivity index (χ3n) is 10.5. The summed E-state index contributed by atoms with van der Waals surface area (Å²) in [7, 11) is 0. The van der Waals surface area contributed by atoms with Crippen LogP contribution in [0.5, 0.6) is 0 Å². The predicted octanol–water partition coefficient (Wildman–Crippen LogP) is 9.08. The van der Waals surface area contributed by atoms with E-state index in [4.69, 9.17) is 0 Å². The van der Waals surface area contributed by atoms with Crippen LogP contribution in [0.2, 0.25) is 0 Å². The minimum atomic E-state index is -4.38. The van der Waals surface area contributed by atoms with Gasteiger partial charge in [0, 0.05) is 37.1 Å². The number of rotatable bonds is 10. The molecule has 0 spiro atoms. The zero-order valence-electron chi connectivity index (χ0n) is 28.0. The fourth-order valence-electron chi connectivity index (χ4n) is 7.67. The molecule has 4 nitrogen and oxygen atoms in total. The fraction of sp³-hybridized carbons (Fsp3) is 0.425. The third-order valence-corrected chi connectivity index (χ3v) is 10.5. The number of aryl methyl sites for hydroxylation is 1. The molecule has 2 aromatic rings. The maximum atomic E-state index is 14.6. The van der Waals surface area contributed by atoms with Crippen molar-refractivity contribution in [1.82, 2.24) is 14.7 Å². The topological polar surface area (TPSA) is 26.8 Å². The van der Waals surface area contributed by atoms with Gasteiger partial charge < -0.3 is 14.7 Å². The zero-order chi connectivity index (χ0) is 34.7. The molecule has 260 valence electrons. The number of benzene rings is 2. The van der Waals surface area contributed by atoms with E-state index in [1.165, 1.54) is 23.8 Å². The van der Waals surface area contributed by atoms with E-state index in [9.17, 15) is 26.7 Å². The highest BCUT2D eigenvalue weighted by Crippen LogP contribution is 2.41. The maximum absolute atomic E-state index is 14.6. The Bertz CT molecular complexity index is 1680. The summed E-state index contributed by atoms with van der Waals surface area (Å²) >= 11 is 0. The molecule has 1 fully saturated rings. The second-order valence-electron chi connectivity index (χ2n) is 13.5. The second-order valence-corrected chi connectivity index (χ2v) is 13.5. The van der Waals surface area contributed by atoms with Crippen molar-refractivity contribution >= 4 is 11.5 Å². The van der Waals surface area contributed by atoms with Gasteiger partial charge in [0.25, 0.3) is 0 Å². The molecule has 0 saturated carbocycles. The molecule has 0 bridgehead atoms. The Morgan fingerprint density at radius 2 is 1.78 bits per heavy atom. The van der Waals surface area contributed by atoms with Gasteiger partial charge in [0.15, 0.2) is 11.6 Å². The number of hydrogen-bond acceptors (Lipinski definition) is 3. The van der Waals surface area contributed by atoms with Crippen molar-refractivity contribution in [2.75, 3.05) is 32.7 Å². The van der Waals surface area contributed by atoms with Crippen LogP contribution in [0.15, 0.2) is 95.9 Å². The van der Waals surface area contributed by atoms with Crippen molar-refractivity contribution in [3.05, 3.63) is 124 Å². The summed E-state index contributed by atoms with van der Waals surface area (Å²) in [6, 6.07) is 9.56. The van der Waals surface area contributed by atoms with Crippen LogP contribution in [0.3, 0.4) is 0 Å². The molecule has 6 rings (SSSR count). The number of likely N-dealkylation sites (tertiary alicyclic amines) is 1. The van der Waals surface area contributed by atoms with Crippen LogP contribution in [0.1, 0.15) is 68.6 Å². The first-order valence-electron chi connectivity index (χ1n) is 17.4. The number of piperidine rings is 1. The van der Waals surface area contributed by atoms with E-state index in [-0.39, 0.29) is 24.4 Å². The normalized spacial score (nSPS) is 20.4. The molecule has 2 heterocycles. The predicted molar refractivity (Wildman–Crippen MR) is 183 cm³/mol. The lowest BCUT2D eigenvalue weighted by molar-refractivity contribution is -0.137. The molecule has 49 heavy (non-hydrogen) atoms. The van der Waals surface area contributed by atoms with E-state index in [0.717, 1.165) is 98.0 Å². The molecule has 0 radical (unpaired) electrons. The number of carbonyl (C=O) groups is 1. The first kappa shape index (κ1) is 34.9. The highest BCUT2D eigenvalue weighted by molar-refractivity contribution is 5.80. The molecule has 2 aliphatic heterocycles. The first-order chi connectivity index (χ1) is 23.5. The third kappa shape index (κ3) is 7.93. The quantitative estimate of drug-likeness (QED) is 0.235. The average molecular weight is 678 g/mol. The number of alkyl halides is 3. The number of nitrogens with zero attached hydrogens (tertiary/aromatic N) is 3. The molecule has 0 aromatic heterocycles. The Morgan fingerprint density at radius 1 is 1.02 bits per heavy atom. The Labute approximate surface area is 286 Å². The molecular weight excluding hydrogens is 633 g/mol. The van der Waals surface area contributed by atoms with E-state index < -0.39 is 23.4 Å². The van der Waals surface area contributed by atoms with Crippen LogP contribution >= 0.6 is 0 Å². The minimum absolute atomic E-state index is 0.0370. The van der Waals surface area contributed by atoms with E-state index >= 15 is 0 Å². The van der Waals surface area contributed by atoms with E-state index in [1.54, 1.807) is 6.07 Å². The van der Waals surface area contributed by atoms with Gasteiger partial charge in [-0.15, -0.1) is 0 Å². The fourth-order valence-corrected chi connectivity index (χ4v) is 7.67. The highest BCUT2D eigenvalue weighted by atomic mass is 19.4. The number of hydrogen-bond donors (Lipinski definition) is 0. The molecule has 0 N–H and O–H groups in total. The maximum Gasteiger partial charge on any atom is 0.416 e. The van der Waals surface area contributed by atoms with E-state index in [0.29, 0.717) is 31.4 Å². The molecule has 1 unspecified atom stereocenters. The molecule has 1 saturated heterocycles. The molecule has 4 aliphatic rings. The highest BCUT2D eigenvalue weighted by Gasteiger charge is 2.34. The van der Waals surface area contributed by atoms with Crippen LogP contribution in [0.4, 0.5) is 22.0 Å². The lowest BCUT2D eigenvalue weighted by Gasteiger charge is -2.41. The van der Waals surface area contributed by atoms with Crippen LogP contribution < -0.4 is 0 Å². The molecule has 1 atom stereocenters. The number of amides is 1. The summed E-state index contributed by atoms with van der Waals surface area (Å²) in [6.07, 6.45) is 9.63. The van der Waals surface area contributed by atoms with Gasteiger partial charge in [0.1, 0.15) is 6.54 Å². The Morgan fingerprint density at radius 3 is 2.45 bits per heavy atom. The minimum Gasteiger partial charge on any atom is -0.339 e. The molecule has 2 aliphatic carbocycles. The van der Waals surface area contributed by atoms with Gasteiger partial charge in [-0.2, -0.15) is 13.2 Å². The van der Waals surface area contributed by atoms with Crippen molar-refractivity contribution < 1.29 is 26.7 Å². The Kier molecular flexibility index (Phi) is 10.6. The second kappa shape index (κ2) is 14.9. The van der Waals surface area contributed by atoms with Gasteiger partial charge >= 0.3 is 6.18 Å². The number of allylic oxidation sites excluding steroid dienone is 8. The summed E-state index contributed by atoms with van der Waals surface area (Å²) in [5, 5.41) is 0. The average Bonchev–Trinajstić information content (AvgIpc) is 3.60. The van der Waals surface area contributed by atoms with Crippen LogP contribution in [-0.4, -0.2) is 59.4 Å². The first-order valence-corrected chi connectivity index (χ1v) is 17.4. The van der Waals surface area contributed by atoms with Gasteiger partial charge in [-0.3, -0.25) is 4.79 Å². The summed E-state index contributed by atoms with van der Waals surface area (Å²) < 4.78 is 67.8. The van der Waals surface area contributed by atoms with Crippen molar-refractivity contribution in [3.63, 3.8) is 0 Å². The van der Waals surface area contributed by atoms with Gasteiger partial charge in [0.2, 0.25) is 5.91 Å². The summed E-state index contributed by atoms with van der Waals surface area (Å²) in [4.78, 5) is 21.1. The molecular formula is C40H44F5N3O. The summed E-state index contributed by atoms with van der Waals surface area (Å²) in [5.74, 6) is -1.59. The largest absolute Gasteiger partial charge is 0.416 e. The SMILES string of the molecule is C=C1C=C(CCc2cccc(F)c2F)N(CC(=O)N(CC2C=CC(c3ccc(C(F)(F)F)cc3)=CC2)C2CCN(CC)CC2)C2=C1CCC2. The van der Waals surface area contributed by atoms with Gasteiger partial charge in [-0.25, -0.2) is 8.78 Å². The molecule has 1 amide bonds. The Balaban J connectivity index is 1.19. The number of carbonyl (C=O) groups excluding carboxylic acids is 1. The van der Waals surface area contributed by atoms with Crippen molar-refractivity contribution in [2.24, 2.45) is 5.92 Å². The van der Waals surface area contributed by atoms with Crippen LogP contribution in [0, 0.1) is 17.6 Å². The van der Waals surface area contributed by atoms with Crippen LogP contribution in [0.25, 0.3) is 5.57 Å². The zero-order valence-corrected chi connectivity index (χ0v) is 28.0. The number of halogens is 5. The van der Waals surface area contributed by atoms with Gasteiger partial charge in [0.05, 0.1) is 5.56 Å². The van der Waals surface area contributed by atoms with Gasteiger partial charge in [-0.05, 0) is 116 Å². The van der Waals surface area contributed by atoms with E-state index in [1.807, 2.05) is 18.2 Å². The summed E-state index contributed by atoms with van der Waals surface area (Å²) in [6.45, 7) is 9.97. The standard InChI is InChI=1S/C40H44F5N3O/c1-3-46-22-20-33(21-23-46)48(25-28-10-12-29(13-11-28)30-14-17-32(18-15-30)40(43,44)45)38(49)26-47-34(24-27(2)35-7-5-9-37(35)47)19-16-31-6-4-8-36(41)39(31)42/h4,6,8,10,12-15,17-18,24,28,33H,2-3,5,7,9,11,16,19-23,25-26H2,1H3. The van der Waals surface area contributed by atoms with Crippen LogP contribution in [-0.2, 0) is 17.4 Å². The van der Waals surface area contributed by atoms with Crippen molar-refractivity contribution in [1.29, 1.82) is 0 Å². The van der Waals surface area contributed by atoms with Gasteiger partial charge in [-0.1, -0.05) is 56.0 Å². The lowest BCUT2D eigenvalue weighted by Crippen LogP contribution is -2.51. The molecule has 2 aromatic carbocycles. The Hall–Kier alpha value is -3.98. The molecule has 9 heteroatoms. The van der Waals surface area contributed by atoms with Crippen molar-refractivity contribution in [2.45, 2.75) is 70.5 Å². The monoisotopic (exact) mass is 677 g/mol. The smallest absolute Gasteiger partial charge is 0.339 e. The lowest BCUT2D eigenvalue weighted by atomic mass is 9.91. The van der Waals surface area contributed by atoms with E-state index in [2.05, 4.69) is 34.3 Å². The summed E-state index contributed by atoms with van der Waals surface area (Å²) in [5.41, 5.74) is 5.34. The van der Waals surface area contributed by atoms with Crippen molar-refractivity contribution in [3.8, 4) is 0 Å².